The summed E-state index contributed by atoms with van der Waals surface area (Å²) in [7, 11) is 1.50. The van der Waals surface area contributed by atoms with Gasteiger partial charge in [-0.2, -0.15) is 4.98 Å². The SMILES string of the molecule is CCCNc1nc(Nc2ccc(C(N)=O)cc2)ncc1C(=O)Nc1cccc(NC(=O)CN(C)C=O)c1. The van der Waals surface area contributed by atoms with Gasteiger partial charge in [-0.05, 0) is 48.9 Å². The van der Waals surface area contributed by atoms with E-state index in [0.717, 1.165) is 6.42 Å². The molecule has 0 aliphatic heterocycles. The maximum atomic E-state index is 13.1. The summed E-state index contributed by atoms with van der Waals surface area (Å²) >= 11 is 0. The third kappa shape index (κ3) is 7.75. The number of hydrogen-bond acceptors (Lipinski definition) is 8. The third-order valence-corrected chi connectivity index (χ3v) is 4.98. The number of carbonyl (C=O) groups is 4. The lowest BCUT2D eigenvalue weighted by molar-refractivity contribution is -0.124. The summed E-state index contributed by atoms with van der Waals surface area (Å²) in [5.74, 6) is -0.744. The molecule has 0 bridgehead atoms. The number of likely N-dealkylation sites (N-methyl/N-ethyl adjacent to an activating group) is 1. The van der Waals surface area contributed by atoms with Crippen LogP contribution in [0, 0.1) is 0 Å². The fourth-order valence-electron chi connectivity index (χ4n) is 3.17. The van der Waals surface area contributed by atoms with Crippen LogP contribution in [0.25, 0.3) is 0 Å². The van der Waals surface area contributed by atoms with E-state index in [9.17, 15) is 19.2 Å². The highest BCUT2D eigenvalue weighted by molar-refractivity contribution is 6.07. The number of primary amides is 1. The van der Waals surface area contributed by atoms with Gasteiger partial charge in [0.15, 0.2) is 0 Å². The lowest BCUT2D eigenvalue weighted by atomic mass is 10.2. The first-order chi connectivity index (χ1) is 17.8. The third-order valence-electron chi connectivity index (χ3n) is 4.98. The zero-order valence-corrected chi connectivity index (χ0v) is 20.4. The number of carbonyl (C=O) groups excluding carboxylic acids is 4. The molecule has 3 rings (SSSR count). The summed E-state index contributed by atoms with van der Waals surface area (Å²) in [5, 5.41) is 11.6. The molecular formula is C25H28N8O4. The molecule has 192 valence electrons. The van der Waals surface area contributed by atoms with E-state index in [1.807, 2.05) is 6.92 Å². The summed E-state index contributed by atoms with van der Waals surface area (Å²) in [6.07, 6.45) is 2.77. The molecule has 4 amide bonds. The second-order valence-corrected chi connectivity index (χ2v) is 8.05. The van der Waals surface area contributed by atoms with Crippen molar-refractivity contribution in [2.24, 2.45) is 5.73 Å². The predicted molar refractivity (Wildman–Crippen MR) is 141 cm³/mol. The van der Waals surface area contributed by atoms with Gasteiger partial charge in [-0.25, -0.2) is 4.98 Å². The molecule has 12 nitrogen and oxygen atoms in total. The van der Waals surface area contributed by atoms with Crippen LogP contribution < -0.4 is 27.0 Å². The van der Waals surface area contributed by atoms with Crippen LogP contribution in [0.15, 0.2) is 54.7 Å². The summed E-state index contributed by atoms with van der Waals surface area (Å²) < 4.78 is 0. The molecule has 0 unspecified atom stereocenters. The molecular weight excluding hydrogens is 476 g/mol. The molecule has 0 aliphatic rings. The Hall–Kier alpha value is -5.00. The normalized spacial score (nSPS) is 10.2. The topological polar surface area (TPSA) is 171 Å². The van der Waals surface area contributed by atoms with E-state index in [-0.39, 0.29) is 24.0 Å². The lowest BCUT2D eigenvalue weighted by Crippen LogP contribution is -2.29. The first-order valence-corrected chi connectivity index (χ1v) is 11.4. The van der Waals surface area contributed by atoms with E-state index >= 15 is 0 Å². The molecule has 0 aliphatic carbocycles. The molecule has 0 fully saturated rings. The summed E-state index contributed by atoms with van der Waals surface area (Å²) in [5.41, 5.74) is 7.43. The summed E-state index contributed by atoms with van der Waals surface area (Å²) in [6.45, 7) is 2.47. The van der Waals surface area contributed by atoms with Crippen LogP contribution in [0.2, 0.25) is 0 Å². The smallest absolute Gasteiger partial charge is 0.260 e. The number of nitrogens with one attached hydrogen (secondary N) is 4. The molecule has 2 aromatic carbocycles. The number of hydrogen-bond donors (Lipinski definition) is 5. The Bertz CT molecular complexity index is 1280. The van der Waals surface area contributed by atoms with Crippen LogP contribution >= 0.6 is 0 Å². The predicted octanol–water partition coefficient (Wildman–Crippen LogP) is 2.42. The van der Waals surface area contributed by atoms with Crippen molar-refractivity contribution in [2.75, 3.05) is 41.4 Å². The van der Waals surface area contributed by atoms with Crippen molar-refractivity contribution < 1.29 is 19.2 Å². The average molecular weight is 505 g/mol. The number of anilines is 5. The highest BCUT2D eigenvalue weighted by atomic mass is 16.2. The Morgan fingerprint density at radius 3 is 2.38 bits per heavy atom. The van der Waals surface area contributed by atoms with E-state index in [1.165, 1.54) is 18.1 Å². The van der Waals surface area contributed by atoms with Crippen LogP contribution in [-0.4, -0.2) is 59.1 Å². The fourth-order valence-corrected chi connectivity index (χ4v) is 3.17. The van der Waals surface area contributed by atoms with Crippen molar-refractivity contribution in [3.05, 3.63) is 65.9 Å². The Balaban J connectivity index is 1.74. The van der Waals surface area contributed by atoms with Crippen LogP contribution in [0.3, 0.4) is 0 Å². The average Bonchev–Trinajstić information content (AvgIpc) is 2.87. The monoisotopic (exact) mass is 504 g/mol. The Morgan fingerprint density at radius 2 is 1.73 bits per heavy atom. The van der Waals surface area contributed by atoms with E-state index in [2.05, 4.69) is 31.2 Å². The number of nitrogens with two attached hydrogens (primary N) is 1. The zero-order chi connectivity index (χ0) is 26.8. The molecule has 0 atom stereocenters. The Morgan fingerprint density at radius 1 is 1.03 bits per heavy atom. The van der Waals surface area contributed by atoms with Gasteiger partial charge < -0.3 is 31.9 Å². The molecule has 1 heterocycles. The highest BCUT2D eigenvalue weighted by Crippen LogP contribution is 2.21. The highest BCUT2D eigenvalue weighted by Gasteiger charge is 2.16. The second-order valence-electron chi connectivity index (χ2n) is 8.05. The lowest BCUT2D eigenvalue weighted by Gasteiger charge is -2.14. The van der Waals surface area contributed by atoms with E-state index < -0.39 is 11.8 Å². The first-order valence-electron chi connectivity index (χ1n) is 11.4. The summed E-state index contributed by atoms with van der Waals surface area (Å²) in [4.78, 5) is 57.0. The molecule has 12 heteroatoms. The minimum absolute atomic E-state index is 0.0977. The minimum Gasteiger partial charge on any atom is -0.369 e. The quantitative estimate of drug-likeness (QED) is 0.234. The van der Waals surface area contributed by atoms with Gasteiger partial charge in [-0.3, -0.25) is 19.2 Å². The number of benzene rings is 2. The standard InChI is InChI=1S/C25H28N8O4/c1-3-11-27-23-20(13-28-25(32-23)31-17-9-7-16(8-10-17)22(26)36)24(37)30-19-6-4-5-18(12-19)29-21(35)14-33(2)15-34/h4-10,12-13,15H,3,11,14H2,1-2H3,(H2,26,36)(H,29,35)(H,30,37)(H2,27,28,31,32). The number of aromatic nitrogens is 2. The van der Waals surface area contributed by atoms with Crippen LogP contribution in [0.1, 0.15) is 34.1 Å². The molecule has 1 aromatic heterocycles. The number of amides is 4. The van der Waals surface area contributed by atoms with Crippen molar-refractivity contribution in [3.63, 3.8) is 0 Å². The summed E-state index contributed by atoms with van der Waals surface area (Å²) in [6, 6.07) is 13.1. The first kappa shape index (κ1) is 26.6. The fraction of sp³-hybridized carbons (Fsp3) is 0.200. The van der Waals surface area contributed by atoms with Crippen molar-refractivity contribution >= 4 is 53.0 Å². The molecule has 3 aromatic rings. The van der Waals surface area contributed by atoms with Gasteiger partial charge in [0.1, 0.15) is 11.4 Å². The van der Waals surface area contributed by atoms with Gasteiger partial charge in [-0.15, -0.1) is 0 Å². The van der Waals surface area contributed by atoms with Crippen LogP contribution in [0.5, 0.6) is 0 Å². The van der Waals surface area contributed by atoms with Gasteiger partial charge in [0.2, 0.25) is 24.2 Å². The van der Waals surface area contributed by atoms with Gasteiger partial charge in [0, 0.05) is 42.4 Å². The van der Waals surface area contributed by atoms with E-state index in [0.29, 0.717) is 41.4 Å². The van der Waals surface area contributed by atoms with Crippen LogP contribution in [-0.2, 0) is 9.59 Å². The molecule has 6 N–H and O–H groups in total. The molecule has 0 saturated carbocycles. The Kier molecular flexibility index (Phi) is 9.08. The molecule has 0 saturated heterocycles. The van der Waals surface area contributed by atoms with Crippen LogP contribution in [0.4, 0.5) is 28.8 Å². The second kappa shape index (κ2) is 12.6. The zero-order valence-electron chi connectivity index (χ0n) is 20.4. The number of nitrogens with zero attached hydrogens (tertiary/aromatic N) is 3. The van der Waals surface area contributed by atoms with Crippen molar-refractivity contribution in [1.82, 2.24) is 14.9 Å². The van der Waals surface area contributed by atoms with Gasteiger partial charge >= 0.3 is 0 Å². The molecule has 0 spiro atoms. The molecule has 0 radical (unpaired) electrons. The molecule has 37 heavy (non-hydrogen) atoms. The van der Waals surface area contributed by atoms with E-state index in [4.69, 9.17) is 5.73 Å². The van der Waals surface area contributed by atoms with Crippen molar-refractivity contribution in [1.29, 1.82) is 0 Å². The Labute approximate surface area is 213 Å². The maximum absolute atomic E-state index is 13.1. The van der Waals surface area contributed by atoms with Gasteiger partial charge in [-0.1, -0.05) is 13.0 Å². The maximum Gasteiger partial charge on any atom is 0.260 e. The van der Waals surface area contributed by atoms with Gasteiger partial charge in [0.25, 0.3) is 5.91 Å². The van der Waals surface area contributed by atoms with Crippen molar-refractivity contribution in [2.45, 2.75) is 13.3 Å². The largest absolute Gasteiger partial charge is 0.369 e. The van der Waals surface area contributed by atoms with E-state index in [1.54, 1.807) is 48.5 Å². The van der Waals surface area contributed by atoms with Gasteiger partial charge in [0.05, 0.1) is 6.54 Å². The van der Waals surface area contributed by atoms with Crippen molar-refractivity contribution in [3.8, 4) is 0 Å². The number of rotatable bonds is 12. The minimum atomic E-state index is -0.525.